The Labute approximate surface area is 104 Å². The average molecular weight is 239 g/mol. The molecule has 2 saturated heterocycles. The maximum atomic E-state index is 12.4. The molecule has 4 nitrogen and oxygen atoms in total. The number of amides is 1. The fourth-order valence-electron chi connectivity index (χ4n) is 2.95. The molecule has 2 rings (SSSR count). The van der Waals surface area contributed by atoms with Crippen molar-refractivity contribution < 1.29 is 4.79 Å². The highest BCUT2D eigenvalue weighted by Crippen LogP contribution is 2.24. The van der Waals surface area contributed by atoms with Crippen LogP contribution < -0.4 is 16.0 Å². The number of rotatable bonds is 3. The van der Waals surface area contributed by atoms with Crippen LogP contribution in [-0.2, 0) is 4.79 Å². The predicted octanol–water partition coefficient (Wildman–Crippen LogP) is 0.633. The van der Waals surface area contributed by atoms with Crippen LogP contribution in [0.25, 0.3) is 0 Å². The summed E-state index contributed by atoms with van der Waals surface area (Å²) in [7, 11) is 0. The average Bonchev–Trinajstić information content (AvgIpc) is 2.82. The zero-order valence-corrected chi connectivity index (χ0v) is 11.0. The van der Waals surface area contributed by atoms with Gasteiger partial charge in [-0.2, -0.15) is 0 Å². The quantitative estimate of drug-likeness (QED) is 0.677. The molecule has 2 aliphatic rings. The molecule has 2 fully saturated rings. The molecule has 1 amide bonds. The Kier molecular flexibility index (Phi) is 4.05. The monoisotopic (exact) mass is 239 g/mol. The Morgan fingerprint density at radius 3 is 2.88 bits per heavy atom. The largest absolute Gasteiger partial charge is 0.350 e. The number of nitrogens with one attached hydrogen (secondary N) is 3. The molecule has 3 unspecified atom stereocenters. The van der Waals surface area contributed by atoms with E-state index < -0.39 is 0 Å². The number of piperidine rings is 1. The second-order valence-corrected chi connectivity index (χ2v) is 5.52. The molecule has 0 bridgehead atoms. The molecule has 0 aromatic rings. The SMILES string of the molecule is CCC1(C(=O)NC2CNCCC2C)CCCN1. The molecule has 0 spiro atoms. The molecule has 3 atom stereocenters. The molecular weight excluding hydrogens is 214 g/mol. The fraction of sp³-hybridized carbons (Fsp3) is 0.923. The van der Waals surface area contributed by atoms with Gasteiger partial charge in [-0.1, -0.05) is 13.8 Å². The molecule has 2 heterocycles. The van der Waals surface area contributed by atoms with Gasteiger partial charge in [-0.15, -0.1) is 0 Å². The third-order valence-corrected chi connectivity index (χ3v) is 4.43. The summed E-state index contributed by atoms with van der Waals surface area (Å²) in [5.74, 6) is 0.786. The first-order valence-electron chi connectivity index (χ1n) is 6.94. The van der Waals surface area contributed by atoms with Gasteiger partial charge >= 0.3 is 0 Å². The van der Waals surface area contributed by atoms with Crippen molar-refractivity contribution in [1.82, 2.24) is 16.0 Å². The third-order valence-electron chi connectivity index (χ3n) is 4.43. The van der Waals surface area contributed by atoms with Crippen LogP contribution in [0.2, 0.25) is 0 Å². The number of hydrogen-bond acceptors (Lipinski definition) is 3. The van der Waals surface area contributed by atoms with Gasteiger partial charge in [-0.05, 0) is 44.7 Å². The van der Waals surface area contributed by atoms with Gasteiger partial charge in [-0.3, -0.25) is 4.79 Å². The Morgan fingerprint density at radius 2 is 2.29 bits per heavy atom. The van der Waals surface area contributed by atoms with E-state index in [9.17, 15) is 4.79 Å². The minimum atomic E-state index is -0.294. The predicted molar refractivity (Wildman–Crippen MR) is 68.8 cm³/mol. The van der Waals surface area contributed by atoms with E-state index in [1.54, 1.807) is 0 Å². The Hall–Kier alpha value is -0.610. The molecule has 3 N–H and O–H groups in total. The van der Waals surface area contributed by atoms with Crippen molar-refractivity contribution in [1.29, 1.82) is 0 Å². The number of carbonyl (C=O) groups is 1. The van der Waals surface area contributed by atoms with Crippen LogP contribution in [0.1, 0.15) is 39.5 Å². The van der Waals surface area contributed by atoms with Crippen LogP contribution in [0, 0.1) is 5.92 Å². The summed E-state index contributed by atoms with van der Waals surface area (Å²) < 4.78 is 0. The first kappa shape index (κ1) is 12.8. The smallest absolute Gasteiger partial charge is 0.240 e. The van der Waals surface area contributed by atoms with Crippen LogP contribution in [-0.4, -0.2) is 37.1 Å². The third kappa shape index (κ3) is 2.63. The van der Waals surface area contributed by atoms with Crippen LogP contribution in [0.5, 0.6) is 0 Å². The van der Waals surface area contributed by atoms with Crippen molar-refractivity contribution in [3.05, 3.63) is 0 Å². The maximum absolute atomic E-state index is 12.4. The lowest BCUT2D eigenvalue weighted by molar-refractivity contribution is -0.128. The summed E-state index contributed by atoms with van der Waals surface area (Å²) in [5, 5.41) is 9.99. The Morgan fingerprint density at radius 1 is 1.47 bits per heavy atom. The van der Waals surface area contributed by atoms with Crippen molar-refractivity contribution in [3.63, 3.8) is 0 Å². The van der Waals surface area contributed by atoms with Gasteiger partial charge in [0.15, 0.2) is 0 Å². The lowest BCUT2D eigenvalue weighted by atomic mass is 9.90. The molecule has 4 heteroatoms. The highest BCUT2D eigenvalue weighted by Gasteiger charge is 2.40. The molecule has 0 aromatic carbocycles. The molecule has 0 saturated carbocycles. The van der Waals surface area contributed by atoms with E-state index in [0.717, 1.165) is 45.3 Å². The highest BCUT2D eigenvalue weighted by molar-refractivity contribution is 5.87. The van der Waals surface area contributed by atoms with Crippen molar-refractivity contribution in [3.8, 4) is 0 Å². The summed E-state index contributed by atoms with van der Waals surface area (Å²) in [6.07, 6.45) is 4.12. The molecule has 17 heavy (non-hydrogen) atoms. The second kappa shape index (κ2) is 5.36. The van der Waals surface area contributed by atoms with Crippen LogP contribution in [0.3, 0.4) is 0 Å². The minimum absolute atomic E-state index is 0.207. The van der Waals surface area contributed by atoms with Gasteiger partial charge in [0.25, 0.3) is 0 Å². The van der Waals surface area contributed by atoms with Crippen LogP contribution in [0.15, 0.2) is 0 Å². The summed E-state index contributed by atoms with van der Waals surface area (Å²) in [6, 6.07) is 0.294. The van der Waals surface area contributed by atoms with E-state index >= 15 is 0 Å². The van der Waals surface area contributed by atoms with Crippen molar-refractivity contribution in [2.45, 2.75) is 51.1 Å². The lowest BCUT2D eigenvalue weighted by Gasteiger charge is -2.34. The van der Waals surface area contributed by atoms with Gasteiger partial charge in [0.05, 0.1) is 5.54 Å². The minimum Gasteiger partial charge on any atom is -0.350 e. The molecular formula is C13H25N3O. The summed E-state index contributed by atoms with van der Waals surface area (Å²) >= 11 is 0. The van der Waals surface area contributed by atoms with E-state index in [2.05, 4.69) is 29.8 Å². The van der Waals surface area contributed by atoms with E-state index in [4.69, 9.17) is 0 Å². The maximum Gasteiger partial charge on any atom is 0.240 e. The van der Waals surface area contributed by atoms with Gasteiger partial charge in [0.1, 0.15) is 0 Å². The van der Waals surface area contributed by atoms with E-state index in [1.807, 2.05) is 0 Å². The summed E-state index contributed by atoms with van der Waals surface area (Å²) in [6.45, 7) is 7.28. The van der Waals surface area contributed by atoms with Gasteiger partial charge < -0.3 is 16.0 Å². The summed E-state index contributed by atoms with van der Waals surface area (Å²) in [4.78, 5) is 12.4. The topological polar surface area (TPSA) is 53.2 Å². The summed E-state index contributed by atoms with van der Waals surface area (Å²) in [5.41, 5.74) is -0.294. The lowest BCUT2D eigenvalue weighted by Crippen LogP contribution is -2.59. The molecule has 0 radical (unpaired) electrons. The van der Waals surface area contributed by atoms with E-state index in [-0.39, 0.29) is 11.4 Å². The first-order chi connectivity index (χ1) is 8.18. The van der Waals surface area contributed by atoms with E-state index in [1.165, 1.54) is 0 Å². The number of carbonyl (C=O) groups excluding carboxylic acids is 1. The highest BCUT2D eigenvalue weighted by atomic mass is 16.2. The first-order valence-corrected chi connectivity index (χ1v) is 6.94. The van der Waals surface area contributed by atoms with Gasteiger partial charge in [0.2, 0.25) is 5.91 Å². The van der Waals surface area contributed by atoms with Crippen molar-refractivity contribution >= 4 is 5.91 Å². The normalized spacial score (nSPS) is 38.0. The Balaban J connectivity index is 1.95. The van der Waals surface area contributed by atoms with Gasteiger partial charge in [0, 0.05) is 12.6 Å². The van der Waals surface area contributed by atoms with Crippen LogP contribution in [0.4, 0.5) is 0 Å². The van der Waals surface area contributed by atoms with E-state index in [0.29, 0.717) is 12.0 Å². The zero-order valence-electron chi connectivity index (χ0n) is 11.0. The Bertz CT molecular complexity index is 274. The molecule has 0 aliphatic carbocycles. The van der Waals surface area contributed by atoms with Gasteiger partial charge in [-0.25, -0.2) is 0 Å². The second-order valence-electron chi connectivity index (χ2n) is 5.52. The fourth-order valence-corrected chi connectivity index (χ4v) is 2.95. The van der Waals surface area contributed by atoms with Crippen molar-refractivity contribution in [2.75, 3.05) is 19.6 Å². The standard InChI is InChI=1S/C13H25N3O/c1-3-13(6-4-7-15-13)12(17)16-11-9-14-8-5-10(11)2/h10-11,14-15H,3-9H2,1-2H3,(H,16,17). The zero-order chi connectivity index (χ0) is 12.3. The number of hydrogen-bond donors (Lipinski definition) is 3. The van der Waals surface area contributed by atoms with Crippen LogP contribution >= 0.6 is 0 Å². The molecule has 0 aromatic heterocycles. The van der Waals surface area contributed by atoms with Crippen molar-refractivity contribution in [2.24, 2.45) is 5.92 Å². The molecule has 2 aliphatic heterocycles. The molecule has 98 valence electrons.